The van der Waals surface area contributed by atoms with Gasteiger partial charge in [0.2, 0.25) is 0 Å². The van der Waals surface area contributed by atoms with Crippen molar-refractivity contribution >= 4 is 21.6 Å². The highest BCUT2D eigenvalue weighted by atomic mass is 32.2. The predicted octanol–water partition coefficient (Wildman–Crippen LogP) is 2.49. The minimum atomic E-state index is -2.99. The molecule has 0 radical (unpaired) electrons. The molecule has 1 aromatic rings. The van der Waals surface area contributed by atoms with Crippen LogP contribution < -0.4 is 10.5 Å². The highest BCUT2D eigenvalue weighted by Crippen LogP contribution is 2.38. The Bertz CT molecular complexity index is 763. The topological polar surface area (TPSA) is 87.8 Å². The zero-order chi connectivity index (χ0) is 18.0. The molecule has 6 nitrogen and oxygen atoms in total. The third-order valence-corrected chi connectivity index (χ3v) is 6.33. The fourth-order valence-electron chi connectivity index (χ4n) is 3.87. The number of aryl methyl sites for hydroxylation is 2. The van der Waals surface area contributed by atoms with Gasteiger partial charge in [-0.3, -0.25) is 0 Å². The Labute approximate surface area is 150 Å². The number of benzene rings is 1. The van der Waals surface area contributed by atoms with Crippen LogP contribution in [0.2, 0.25) is 0 Å². The summed E-state index contributed by atoms with van der Waals surface area (Å²) >= 11 is 0. The van der Waals surface area contributed by atoms with E-state index in [4.69, 9.17) is 5.14 Å². The van der Waals surface area contributed by atoms with E-state index in [9.17, 15) is 9.00 Å². The lowest BCUT2D eigenvalue weighted by Crippen LogP contribution is -2.24. The van der Waals surface area contributed by atoms with Gasteiger partial charge in [-0.1, -0.05) is 6.07 Å². The van der Waals surface area contributed by atoms with Gasteiger partial charge in [-0.25, -0.2) is 14.1 Å². The van der Waals surface area contributed by atoms with Crippen molar-refractivity contribution in [3.05, 3.63) is 28.3 Å². The molecule has 0 bridgehead atoms. The van der Waals surface area contributed by atoms with Crippen LogP contribution in [-0.2, 0) is 35.6 Å². The molecule has 0 spiro atoms. The Morgan fingerprint density at radius 1 is 1.20 bits per heavy atom. The van der Waals surface area contributed by atoms with E-state index in [0.717, 1.165) is 50.8 Å². The van der Waals surface area contributed by atoms with Gasteiger partial charge in [0.25, 0.3) is 0 Å². The summed E-state index contributed by atoms with van der Waals surface area (Å²) in [5.41, 5.74) is 6.08. The lowest BCUT2D eigenvalue weighted by molar-refractivity contribution is 0.260. The maximum atomic E-state index is 12.4. The van der Waals surface area contributed by atoms with Gasteiger partial charge < -0.3 is 10.2 Å². The Kier molecular flexibility index (Phi) is 5.46. The van der Waals surface area contributed by atoms with E-state index in [1.54, 1.807) is 0 Å². The van der Waals surface area contributed by atoms with E-state index in [2.05, 4.69) is 15.7 Å². The first-order chi connectivity index (χ1) is 11.9. The number of amides is 2. The summed E-state index contributed by atoms with van der Waals surface area (Å²) in [6.07, 6.45) is 7.00. The van der Waals surface area contributed by atoms with Crippen molar-refractivity contribution in [2.24, 2.45) is 9.50 Å². The predicted molar refractivity (Wildman–Crippen MR) is 102 cm³/mol. The number of carbonyl (C=O) groups is 1. The summed E-state index contributed by atoms with van der Waals surface area (Å²) in [7, 11) is 0.898. The monoisotopic (exact) mass is 364 g/mol. The van der Waals surface area contributed by atoms with Crippen molar-refractivity contribution in [2.75, 3.05) is 31.7 Å². The van der Waals surface area contributed by atoms with Crippen molar-refractivity contribution in [1.82, 2.24) is 4.90 Å². The number of anilines is 1. The summed E-state index contributed by atoms with van der Waals surface area (Å²) in [5.74, 6) is 0.226. The summed E-state index contributed by atoms with van der Waals surface area (Å²) in [6.45, 7) is 0.769. The number of rotatable bonds is 5. The van der Waals surface area contributed by atoms with E-state index in [1.165, 1.54) is 22.3 Å². The molecular weight excluding hydrogens is 336 g/mol. The van der Waals surface area contributed by atoms with E-state index < -0.39 is 15.9 Å². The normalized spacial score (nSPS) is 17.9. The largest absolute Gasteiger partial charge is 0.354 e. The minimum Gasteiger partial charge on any atom is -0.309 e. The van der Waals surface area contributed by atoms with E-state index in [0.29, 0.717) is 6.42 Å². The Balaban J connectivity index is 1.78. The maximum absolute atomic E-state index is 12.4. The first-order valence-corrected chi connectivity index (χ1v) is 10.8. The Hall–Kier alpha value is -1.44. The molecule has 1 unspecified atom stereocenters. The molecule has 0 fully saturated rings. The maximum Gasteiger partial charge on any atom is 0.354 e. The lowest BCUT2D eigenvalue weighted by atomic mass is 9.99. The van der Waals surface area contributed by atoms with E-state index in [-0.39, 0.29) is 5.75 Å². The average Bonchev–Trinajstić information content (AvgIpc) is 3.14. The van der Waals surface area contributed by atoms with Crippen LogP contribution in [0.1, 0.15) is 41.5 Å². The van der Waals surface area contributed by atoms with Gasteiger partial charge in [0.1, 0.15) is 9.92 Å². The van der Waals surface area contributed by atoms with Gasteiger partial charge in [0, 0.05) is 11.4 Å². The summed E-state index contributed by atoms with van der Waals surface area (Å²) in [4.78, 5) is 14.4. The molecule has 1 atom stereocenters. The number of carbonyl (C=O) groups excluding carboxylic acids is 1. The van der Waals surface area contributed by atoms with Crippen molar-refractivity contribution in [3.63, 3.8) is 0 Å². The lowest BCUT2D eigenvalue weighted by Gasteiger charge is -2.15. The van der Waals surface area contributed by atoms with Gasteiger partial charge in [0.05, 0.1) is 0 Å². The number of nitrogens with zero attached hydrogens (tertiary/aromatic N) is 2. The first-order valence-electron chi connectivity index (χ1n) is 9.00. The quantitative estimate of drug-likeness (QED) is 0.841. The van der Waals surface area contributed by atoms with Gasteiger partial charge in [-0.05, 0) is 87.8 Å². The molecule has 0 heterocycles. The molecule has 0 saturated heterocycles. The molecule has 138 valence electrons. The smallest absolute Gasteiger partial charge is 0.309 e. The van der Waals surface area contributed by atoms with Crippen molar-refractivity contribution < 1.29 is 9.00 Å². The summed E-state index contributed by atoms with van der Waals surface area (Å²) in [5, 5.41) is 8.69. The summed E-state index contributed by atoms with van der Waals surface area (Å²) < 4.78 is 16.2. The van der Waals surface area contributed by atoms with Gasteiger partial charge >= 0.3 is 6.03 Å². The molecule has 0 saturated carbocycles. The molecule has 1 aromatic carbocycles. The van der Waals surface area contributed by atoms with E-state index >= 15 is 0 Å². The molecule has 0 aromatic heterocycles. The third-order valence-electron chi connectivity index (χ3n) is 4.98. The van der Waals surface area contributed by atoms with Crippen LogP contribution in [0.25, 0.3) is 0 Å². The van der Waals surface area contributed by atoms with Gasteiger partial charge in [-0.15, -0.1) is 4.36 Å². The third kappa shape index (κ3) is 4.40. The molecule has 3 rings (SSSR count). The standard InChI is InChI=1S/C18H28N4O2S/c1-22(2)10-5-11-25(19,24)21-18(23)20-17-15-8-3-6-13(15)12-14-7-4-9-16(14)17/h12H,3-11H2,1-2H3,(H3,19,20,21,23,24). The Morgan fingerprint density at radius 2 is 1.80 bits per heavy atom. The summed E-state index contributed by atoms with van der Waals surface area (Å²) in [6, 6.07) is 1.73. The zero-order valence-corrected chi connectivity index (χ0v) is 16.0. The van der Waals surface area contributed by atoms with Gasteiger partial charge in [-0.2, -0.15) is 0 Å². The molecule has 2 amide bonds. The average molecular weight is 365 g/mol. The van der Waals surface area contributed by atoms with Crippen molar-refractivity contribution in [3.8, 4) is 0 Å². The van der Waals surface area contributed by atoms with Crippen LogP contribution in [0.3, 0.4) is 0 Å². The molecule has 25 heavy (non-hydrogen) atoms. The van der Waals surface area contributed by atoms with Crippen LogP contribution in [0, 0.1) is 0 Å². The van der Waals surface area contributed by atoms with Crippen LogP contribution in [0.15, 0.2) is 10.4 Å². The molecule has 2 aliphatic carbocycles. The highest BCUT2D eigenvalue weighted by Gasteiger charge is 2.25. The van der Waals surface area contributed by atoms with Crippen molar-refractivity contribution in [1.29, 1.82) is 0 Å². The number of hydrogen-bond donors (Lipinski definition) is 2. The second-order valence-electron chi connectivity index (χ2n) is 7.31. The van der Waals surface area contributed by atoms with Crippen LogP contribution in [0.4, 0.5) is 10.5 Å². The minimum absolute atomic E-state index is 0.226. The second-order valence-corrected chi connectivity index (χ2v) is 9.28. The van der Waals surface area contributed by atoms with Crippen molar-refractivity contribution in [2.45, 2.75) is 44.9 Å². The molecule has 2 aliphatic rings. The van der Waals surface area contributed by atoms with Gasteiger partial charge in [0.15, 0.2) is 0 Å². The highest BCUT2D eigenvalue weighted by molar-refractivity contribution is 7.91. The molecular formula is C18H28N4O2S. The number of nitrogens with one attached hydrogen (secondary N) is 1. The van der Waals surface area contributed by atoms with E-state index in [1.807, 2.05) is 19.0 Å². The second kappa shape index (κ2) is 7.43. The zero-order valence-electron chi connectivity index (χ0n) is 15.1. The fraction of sp³-hybridized carbons (Fsp3) is 0.611. The molecule has 7 heteroatoms. The number of urea groups is 1. The fourth-order valence-corrected chi connectivity index (χ4v) is 4.83. The SMILES string of the molecule is CN(C)CCCS(N)(=O)=NC(=O)Nc1c2c(cc3c1CCC3)CCC2. The number of nitrogens with two attached hydrogens (primary N) is 1. The molecule has 3 N–H and O–H groups in total. The van der Waals surface area contributed by atoms with Crippen LogP contribution >= 0.6 is 0 Å². The molecule has 0 aliphatic heterocycles. The first kappa shape index (κ1) is 18.4. The van der Waals surface area contributed by atoms with Crippen LogP contribution in [-0.4, -0.2) is 41.5 Å². The Morgan fingerprint density at radius 3 is 2.36 bits per heavy atom. The number of hydrogen-bond acceptors (Lipinski definition) is 3. The number of fused-ring (bicyclic) bond motifs is 2. The van der Waals surface area contributed by atoms with Crippen LogP contribution in [0.5, 0.6) is 0 Å².